The van der Waals surface area contributed by atoms with Gasteiger partial charge in [-0.1, -0.05) is 24.3 Å². The lowest BCUT2D eigenvalue weighted by Gasteiger charge is -2.35. The highest BCUT2D eigenvalue weighted by atomic mass is 16.5. The summed E-state index contributed by atoms with van der Waals surface area (Å²) in [5, 5.41) is 3.02. The molecule has 2 aliphatic carbocycles. The lowest BCUT2D eigenvalue weighted by Crippen LogP contribution is -2.44. The van der Waals surface area contributed by atoms with Gasteiger partial charge in [0.05, 0.1) is 12.2 Å². The van der Waals surface area contributed by atoms with Crippen LogP contribution in [0.25, 0.3) is 0 Å². The molecule has 0 spiro atoms. The van der Waals surface area contributed by atoms with Crippen molar-refractivity contribution in [3.05, 3.63) is 70.8 Å². The third-order valence-electron chi connectivity index (χ3n) is 6.83. The number of morpholine rings is 1. The Hall–Kier alpha value is -2.70. The number of nitrogens with one attached hydrogen (secondary N) is 1. The Morgan fingerprint density at radius 2 is 1.47 bits per heavy atom. The summed E-state index contributed by atoms with van der Waals surface area (Å²) in [7, 11) is 0. The molecule has 34 heavy (non-hydrogen) atoms. The van der Waals surface area contributed by atoms with Crippen molar-refractivity contribution in [1.82, 2.24) is 15.1 Å². The quantitative estimate of drug-likeness (QED) is 0.646. The van der Waals surface area contributed by atoms with Gasteiger partial charge in [0.25, 0.3) is 11.8 Å². The summed E-state index contributed by atoms with van der Waals surface area (Å²) in [4.78, 5) is 30.0. The van der Waals surface area contributed by atoms with E-state index in [2.05, 4.69) is 36.2 Å². The molecule has 2 amide bonds. The van der Waals surface area contributed by atoms with Crippen molar-refractivity contribution in [2.45, 2.75) is 76.9 Å². The molecule has 3 fully saturated rings. The minimum atomic E-state index is -0.00902. The molecule has 2 unspecified atom stereocenters. The first-order chi connectivity index (χ1) is 16.4. The molecule has 1 saturated heterocycles. The molecule has 1 aliphatic heterocycles. The molecular formula is C28H35N3O3. The normalized spacial score (nSPS) is 22.9. The number of ether oxygens (including phenoxy) is 1. The molecule has 180 valence electrons. The molecule has 1 N–H and O–H groups in total. The number of benzene rings is 2. The van der Waals surface area contributed by atoms with Gasteiger partial charge in [0.1, 0.15) is 0 Å². The van der Waals surface area contributed by atoms with E-state index in [1.165, 1.54) is 5.56 Å². The summed E-state index contributed by atoms with van der Waals surface area (Å²) in [6, 6.07) is 16.4. The van der Waals surface area contributed by atoms with Crippen LogP contribution in [-0.2, 0) is 17.8 Å². The van der Waals surface area contributed by atoms with Crippen LogP contribution < -0.4 is 5.32 Å². The highest BCUT2D eigenvalue weighted by Crippen LogP contribution is 2.30. The van der Waals surface area contributed by atoms with Gasteiger partial charge in [0, 0.05) is 49.4 Å². The van der Waals surface area contributed by atoms with Crippen LogP contribution in [0.15, 0.2) is 48.5 Å². The Kier molecular flexibility index (Phi) is 6.70. The molecule has 0 aromatic heterocycles. The third kappa shape index (κ3) is 5.86. The molecule has 2 saturated carbocycles. The van der Waals surface area contributed by atoms with Crippen LogP contribution in [0.3, 0.4) is 0 Å². The average Bonchev–Trinajstić information content (AvgIpc) is 3.73. The lowest BCUT2D eigenvalue weighted by molar-refractivity contribution is -0.0704. The zero-order valence-electron chi connectivity index (χ0n) is 20.2. The van der Waals surface area contributed by atoms with Crippen LogP contribution >= 0.6 is 0 Å². The van der Waals surface area contributed by atoms with Gasteiger partial charge in [-0.25, -0.2) is 0 Å². The van der Waals surface area contributed by atoms with Gasteiger partial charge in [0.2, 0.25) is 0 Å². The minimum Gasteiger partial charge on any atom is -0.373 e. The van der Waals surface area contributed by atoms with Crippen molar-refractivity contribution in [3.8, 4) is 0 Å². The van der Waals surface area contributed by atoms with E-state index in [4.69, 9.17) is 4.74 Å². The molecule has 2 aromatic rings. The summed E-state index contributed by atoms with van der Waals surface area (Å²) >= 11 is 0. The Bertz CT molecular complexity index is 1000. The van der Waals surface area contributed by atoms with E-state index in [0.717, 1.165) is 56.4 Å². The smallest absolute Gasteiger partial charge is 0.254 e. The zero-order chi connectivity index (χ0) is 23.7. The SMILES string of the molecule is CC1CN(Cc2ccc(C(=O)N(Cc3ccc(C(=O)NC4CC4)cc3)C3CC3)cc2)CC(C)O1. The molecule has 0 radical (unpaired) electrons. The fourth-order valence-corrected chi connectivity index (χ4v) is 4.80. The maximum Gasteiger partial charge on any atom is 0.254 e. The number of carbonyl (C=O) groups is 2. The van der Waals surface area contributed by atoms with Crippen molar-refractivity contribution in [2.24, 2.45) is 0 Å². The second-order valence-corrected chi connectivity index (χ2v) is 10.3. The molecule has 0 bridgehead atoms. The summed E-state index contributed by atoms with van der Waals surface area (Å²) < 4.78 is 5.83. The van der Waals surface area contributed by atoms with Crippen molar-refractivity contribution in [3.63, 3.8) is 0 Å². The zero-order valence-corrected chi connectivity index (χ0v) is 20.2. The third-order valence-corrected chi connectivity index (χ3v) is 6.83. The average molecular weight is 462 g/mol. The van der Waals surface area contributed by atoms with Crippen LogP contribution in [0.1, 0.15) is 71.4 Å². The van der Waals surface area contributed by atoms with E-state index in [-0.39, 0.29) is 24.0 Å². The van der Waals surface area contributed by atoms with Gasteiger partial charge in [-0.2, -0.15) is 0 Å². The minimum absolute atomic E-state index is 0.00902. The van der Waals surface area contributed by atoms with Gasteiger partial charge in [0.15, 0.2) is 0 Å². The van der Waals surface area contributed by atoms with Gasteiger partial charge >= 0.3 is 0 Å². The van der Waals surface area contributed by atoms with E-state index >= 15 is 0 Å². The number of rotatable bonds is 8. The van der Waals surface area contributed by atoms with Crippen molar-refractivity contribution >= 4 is 11.8 Å². The standard InChI is InChI=1S/C28H35N3O3/c1-19-15-30(16-20(2)34-19)17-21-5-9-24(10-6-21)28(33)31(26-13-14-26)18-22-3-7-23(8-4-22)27(32)29-25-11-12-25/h3-10,19-20,25-26H,11-18H2,1-2H3,(H,29,32). The summed E-state index contributed by atoms with van der Waals surface area (Å²) in [6.45, 7) is 7.54. The van der Waals surface area contributed by atoms with Crippen molar-refractivity contribution in [2.75, 3.05) is 13.1 Å². The number of nitrogens with zero attached hydrogens (tertiary/aromatic N) is 2. The second-order valence-electron chi connectivity index (χ2n) is 10.3. The van der Waals surface area contributed by atoms with Gasteiger partial charge in [-0.05, 0) is 74.9 Å². The van der Waals surface area contributed by atoms with Crippen molar-refractivity contribution < 1.29 is 14.3 Å². The van der Waals surface area contributed by atoms with Crippen LogP contribution in [0.2, 0.25) is 0 Å². The maximum atomic E-state index is 13.4. The lowest BCUT2D eigenvalue weighted by atomic mass is 10.1. The first-order valence-electron chi connectivity index (χ1n) is 12.6. The molecule has 2 aromatic carbocycles. The Labute approximate surface area is 202 Å². The van der Waals surface area contributed by atoms with E-state index in [1.54, 1.807) is 0 Å². The Balaban J connectivity index is 1.21. The monoisotopic (exact) mass is 461 g/mol. The molecule has 1 heterocycles. The highest BCUT2D eigenvalue weighted by molar-refractivity contribution is 5.95. The highest BCUT2D eigenvalue weighted by Gasteiger charge is 2.33. The second kappa shape index (κ2) is 9.88. The predicted molar refractivity (Wildman–Crippen MR) is 132 cm³/mol. The van der Waals surface area contributed by atoms with Gasteiger partial charge < -0.3 is 15.0 Å². The van der Waals surface area contributed by atoms with E-state index in [0.29, 0.717) is 24.2 Å². The van der Waals surface area contributed by atoms with Crippen LogP contribution in [0, 0.1) is 0 Å². The van der Waals surface area contributed by atoms with Crippen molar-refractivity contribution in [1.29, 1.82) is 0 Å². The first-order valence-corrected chi connectivity index (χ1v) is 12.6. The van der Waals surface area contributed by atoms with Gasteiger partial charge in [-0.3, -0.25) is 14.5 Å². The van der Waals surface area contributed by atoms with Gasteiger partial charge in [-0.15, -0.1) is 0 Å². The van der Waals surface area contributed by atoms with E-state index in [1.807, 2.05) is 41.3 Å². The number of hydrogen-bond acceptors (Lipinski definition) is 4. The molecule has 6 heteroatoms. The fraction of sp³-hybridized carbons (Fsp3) is 0.500. The number of carbonyl (C=O) groups excluding carboxylic acids is 2. The van der Waals surface area contributed by atoms with Crippen LogP contribution in [0.5, 0.6) is 0 Å². The van der Waals surface area contributed by atoms with Crippen LogP contribution in [0.4, 0.5) is 0 Å². The summed E-state index contributed by atoms with van der Waals surface area (Å²) in [5.41, 5.74) is 3.69. The predicted octanol–water partition coefficient (Wildman–Crippen LogP) is 3.99. The summed E-state index contributed by atoms with van der Waals surface area (Å²) in [6.07, 6.45) is 4.76. The van der Waals surface area contributed by atoms with Crippen LogP contribution in [-0.4, -0.2) is 59.0 Å². The largest absolute Gasteiger partial charge is 0.373 e. The fourth-order valence-electron chi connectivity index (χ4n) is 4.80. The summed E-state index contributed by atoms with van der Waals surface area (Å²) in [5.74, 6) is 0.0727. The molecule has 3 aliphatic rings. The topological polar surface area (TPSA) is 61.9 Å². The maximum absolute atomic E-state index is 13.4. The number of hydrogen-bond donors (Lipinski definition) is 1. The molecule has 2 atom stereocenters. The Morgan fingerprint density at radius 3 is 2.06 bits per heavy atom. The Morgan fingerprint density at radius 1 is 0.882 bits per heavy atom. The molecular weight excluding hydrogens is 426 g/mol. The molecule has 5 rings (SSSR count). The molecule has 6 nitrogen and oxygen atoms in total. The van der Waals surface area contributed by atoms with E-state index < -0.39 is 0 Å². The number of amides is 2. The van der Waals surface area contributed by atoms with E-state index in [9.17, 15) is 9.59 Å². The first kappa shape index (κ1) is 23.1.